The molecule has 1 aromatic carbocycles. The van der Waals surface area contributed by atoms with Crippen molar-refractivity contribution in [2.24, 2.45) is 0 Å². The van der Waals surface area contributed by atoms with E-state index in [0.717, 1.165) is 58.9 Å². The zero-order valence-electron chi connectivity index (χ0n) is 16.3. The quantitative estimate of drug-likeness (QED) is 0.259. The molecule has 3 aromatic heterocycles. The van der Waals surface area contributed by atoms with Crippen LogP contribution in [0.15, 0.2) is 65.4 Å². The van der Waals surface area contributed by atoms with Gasteiger partial charge in [-0.15, -0.1) is 21.5 Å². The second-order valence-electron chi connectivity index (χ2n) is 6.47. The van der Waals surface area contributed by atoms with Gasteiger partial charge in [-0.05, 0) is 42.5 Å². The molecule has 0 radical (unpaired) electrons. The van der Waals surface area contributed by atoms with Crippen molar-refractivity contribution in [3.8, 4) is 22.1 Å². The summed E-state index contributed by atoms with van der Waals surface area (Å²) in [7, 11) is 1.69. The molecule has 0 atom stereocenters. The van der Waals surface area contributed by atoms with Gasteiger partial charge < -0.3 is 4.74 Å². The van der Waals surface area contributed by atoms with Crippen LogP contribution in [-0.4, -0.2) is 37.4 Å². The molecule has 0 spiro atoms. The molecule has 0 aliphatic carbocycles. The van der Waals surface area contributed by atoms with Crippen molar-refractivity contribution in [1.29, 1.82) is 0 Å². The lowest BCUT2D eigenvalue weighted by atomic mass is 10.2. The van der Waals surface area contributed by atoms with Gasteiger partial charge in [0.25, 0.3) is 0 Å². The van der Waals surface area contributed by atoms with E-state index in [0.29, 0.717) is 0 Å². The lowest BCUT2D eigenvalue weighted by Crippen LogP contribution is -2.02. The zero-order valence-corrected chi connectivity index (χ0v) is 17.9. The number of thiophene rings is 1. The summed E-state index contributed by atoms with van der Waals surface area (Å²) >= 11 is 3.41. The number of aromatic nitrogens is 5. The maximum Gasteiger partial charge on any atom is 0.196 e. The predicted molar refractivity (Wildman–Crippen MR) is 118 cm³/mol. The van der Waals surface area contributed by atoms with Crippen LogP contribution in [0.2, 0.25) is 0 Å². The number of unbranched alkanes of at least 4 members (excludes halogenated alkanes) is 2. The van der Waals surface area contributed by atoms with Crippen molar-refractivity contribution < 1.29 is 4.74 Å². The van der Waals surface area contributed by atoms with Crippen LogP contribution in [0.5, 0.6) is 5.75 Å². The molecule has 0 aliphatic heterocycles. The second kappa shape index (κ2) is 9.76. The van der Waals surface area contributed by atoms with Crippen molar-refractivity contribution in [1.82, 2.24) is 24.5 Å². The van der Waals surface area contributed by atoms with Crippen LogP contribution >= 0.6 is 23.1 Å². The van der Waals surface area contributed by atoms with Crippen molar-refractivity contribution >= 4 is 23.1 Å². The van der Waals surface area contributed by atoms with E-state index in [1.54, 1.807) is 30.2 Å². The molecule has 0 amide bonds. The number of benzene rings is 1. The molecular formula is C21H23N5OS2. The minimum Gasteiger partial charge on any atom is -0.495 e. The van der Waals surface area contributed by atoms with Gasteiger partial charge in [0.2, 0.25) is 0 Å². The molecule has 6 nitrogen and oxygen atoms in total. The maximum absolute atomic E-state index is 5.60. The fourth-order valence-corrected chi connectivity index (χ4v) is 4.75. The molecule has 0 aliphatic rings. The summed E-state index contributed by atoms with van der Waals surface area (Å²) in [6, 6.07) is 14.1. The molecule has 0 bridgehead atoms. The summed E-state index contributed by atoms with van der Waals surface area (Å²) in [4.78, 5) is 1.09. The minimum absolute atomic E-state index is 0.811. The first-order chi connectivity index (χ1) is 14.4. The molecule has 4 rings (SSSR count). The lowest BCUT2D eigenvalue weighted by molar-refractivity contribution is 0.412. The van der Waals surface area contributed by atoms with E-state index in [1.165, 1.54) is 0 Å². The fourth-order valence-electron chi connectivity index (χ4n) is 3.11. The topological polar surface area (TPSA) is 57.8 Å². The number of nitrogens with zero attached hydrogens (tertiary/aromatic N) is 5. The second-order valence-corrected chi connectivity index (χ2v) is 8.48. The van der Waals surface area contributed by atoms with Gasteiger partial charge in [0, 0.05) is 24.7 Å². The van der Waals surface area contributed by atoms with E-state index in [9.17, 15) is 0 Å². The summed E-state index contributed by atoms with van der Waals surface area (Å²) in [5.74, 6) is 2.66. The number of methoxy groups -OCH3 is 1. The average Bonchev–Trinajstić information content (AvgIpc) is 3.52. The Morgan fingerprint density at radius 2 is 1.97 bits per heavy atom. The molecular weight excluding hydrogens is 402 g/mol. The molecule has 29 heavy (non-hydrogen) atoms. The van der Waals surface area contributed by atoms with Gasteiger partial charge in [-0.3, -0.25) is 9.25 Å². The Morgan fingerprint density at radius 3 is 2.76 bits per heavy atom. The number of hydrogen-bond donors (Lipinski definition) is 0. The third-order valence-electron chi connectivity index (χ3n) is 4.52. The van der Waals surface area contributed by atoms with Crippen LogP contribution in [0.1, 0.15) is 19.3 Å². The van der Waals surface area contributed by atoms with E-state index in [4.69, 9.17) is 4.74 Å². The van der Waals surface area contributed by atoms with E-state index in [1.807, 2.05) is 53.5 Å². The SMILES string of the molecule is COc1ccccc1-n1c(SCCCCCn2cccn2)nnc1-c1cccs1. The number of ether oxygens (including phenoxy) is 1. The summed E-state index contributed by atoms with van der Waals surface area (Å²) < 4.78 is 9.69. The van der Waals surface area contributed by atoms with Crippen molar-refractivity contribution in [2.45, 2.75) is 31.0 Å². The van der Waals surface area contributed by atoms with E-state index < -0.39 is 0 Å². The van der Waals surface area contributed by atoms with E-state index >= 15 is 0 Å². The van der Waals surface area contributed by atoms with Gasteiger partial charge >= 0.3 is 0 Å². The maximum atomic E-state index is 5.60. The van der Waals surface area contributed by atoms with E-state index in [-0.39, 0.29) is 0 Å². The number of aryl methyl sites for hydroxylation is 1. The highest BCUT2D eigenvalue weighted by atomic mass is 32.2. The number of hydrogen-bond acceptors (Lipinski definition) is 6. The first-order valence-corrected chi connectivity index (χ1v) is 11.5. The zero-order chi connectivity index (χ0) is 19.9. The summed E-state index contributed by atoms with van der Waals surface area (Å²) in [6.07, 6.45) is 7.25. The lowest BCUT2D eigenvalue weighted by Gasteiger charge is -2.13. The molecule has 0 saturated heterocycles. The third-order valence-corrected chi connectivity index (χ3v) is 6.40. The van der Waals surface area contributed by atoms with Gasteiger partial charge in [0.05, 0.1) is 17.7 Å². The number of para-hydroxylation sites is 2. The van der Waals surface area contributed by atoms with Crippen molar-refractivity contribution in [2.75, 3.05) is 12.9 Å². The summed E-state index contributed by atoms with van der Waals surface area (Å²) in [5, 5.41) is 16.2. The Morgan fingerprint density at radius 1 is 1.03 bits per heavy atom. The Labute approximate surface area is 178 Å². The van der Waals surface area contributed by atoms with Crippen LogP contribution in [-0.2, 0) is 6.54 Å². The van der Waals surface area contributed by atoms with Crippen molar-refractivity contribution in [3.05, 3.63) is 60.2 Å². The molecule has 0 fully saturated rings. The molecule has 0 N–H and O–H groups in total. The molecule has 3 heterocycles. The van der Waals surface area contributed by atoms with Gasteiger partial charge in [-0.1, -0.05) is 36.4 Å². The Hall–Kier alpha value is -2.58. The highest BCUT2D eigenvalue weighted by Crippen LogP contribution is 2.34. The Balaban J connectivity index is 1.47. The van der Waals surface area contributed by atoms with Crippen molar-refractivity contribution in [3.63, 3.8) is 0 Å². The van der Waals surface area contributed by atoms with Gasteiger partial charge in [-0.25, -0.2) is 0 Å². The largest absolute Gasteiger partial charge is 0.495 e. The first-order valence-electron chi connectivity index (χ1n) is 9.60. The van der Waals surface area contributed by atoms with Crippen LogP contribution in [0.3, 0.4) is 0 Å². The predicted octanol–water partition coefficient (Wildman–Crippen LogP) is 5.16. The van der Waals surface area contributed by atoms with Gasteiger partial charge in [-0.2, -0.15) is 5.10 Å². The Bertz CT molecular complexity index is 1010. The van der Waals surface area contributed by atoms with E-state index in [2.05, 4.69) is 31.3 Å². The highest BCUT2D eigenvalue weighted by Gasteiger charge is 2.19. The molecule has 0 saturated carbocycles. The minimum atomic E-state index is 0.811. The van der Waals surface area contributed by atoms with Gasteiger partial charge in [0.1, 0.15) is 5.75 Å². The van der Waals surface area contributed by atoms with Gasteiger partial charge in [0.15, 0.2) is 11.0 Å². The summed E-state index contributed by atoms with van der Waals surface area (Å²) in [6.45, 7) is 0.970. The van der Waals surface area contributed by atoms with Crippen LogP contribution in [0.25, 0.3) is 16.4 Å². The number of thioether (sulfide) groups is 1. The van der Waals surface area contributed by atoms with Crippen LogP contribution in [0.4, 0.5) is 0 Å². The molecule has 0 unspecified atom stereocenters. The van der Waals surface area contributed by atoms with Crippen LogP contribution in [0, 0.1) is 0 Å². The monoisotopic (exact) mass is 425 g/mol. The third kappa shape index (κ3) is 4.71. The standard InChI is InChI=1S/C21H23N5OS2/c1-27-18-10-4-3-9-17(18)26-20(19-11-7-16-28-19)23-24-21(26)29-15-6-2-5-13-25-14-8-12-22-25/h3-4,7-12,14,16H,2,5-6,13,15H2,1H3. The highest BCUT2D eigenvalue weighted by molar-refractivity contribution is 7.99. The molecule has 8 heteroatoms. The average molecular weight is 426 g/mol. The fraction of sp³-hybridized carbons (Fsp3) is 0.286. The smallest absolute Gasteiger partial charge is 0.196 e. The molecule has 150 valence electrons. The summed E-state index contributed by atoms with van der Waals surface area (Å²) in [5.41, 5.74) is 0.963. The molecule has 4 aromatic rings. The first kappa shape index (κ1) is 19.7. The Kier molecular flexibility index (Phi) is 6.63. The normalized spacial score (nSPS) is 11.1. The number of rotatable bonds is 10. The van der Waals surface area contributed by atoms with Crippen LogP contribution < -0.4 is 4.74 Å².